The molecule has 1 amide bonds. The van der Waals surface area contributed by atoms with Gasteiger partial charge in [-0.15, -0.1) is 0 Å². The van der Waals surface area contributed by atoms with Crippen LogP contribution in [0.3, 0.4) is 0 Å². The zero-order chi connectivity index (χ0) is 14.3. The Bertz CT molecular complexity index is 513. The van der Waals surface area contributed by atoms with Crippen LogP contribution in [0.15, 0.2) is 10.8 Å². The van der Waals surface area contributed by atoms with E-state index in [4.69, 9.17) is 4.42 Å². The molecule has 1 aromatic heterocycles. The molecule has 110 valence electrons. The van der Waals surface area contributed by atoms with Gasteiger partial charge in [0, 0.05) is 19.0 Å². The molecule has 2 heterocycles. The molecule has 3 rings (SSSR count). The molecule has 1 aliphatic carbocycles. The van der Waals surface area contributed by atoms with Crippen molar-refractivity contribution in [3.8, 4) is 0 Å². The second-order valence-electron chi connectivity index (χ2n) is 6.18. The third kappa shape index (κ3) is 2.04. The lowest BCUT2D eigenvalue weighted by Gasteiger charge is -2.40. The van der Waals surface area contributed by atoms with E-state index in [0.717, 1.165) is 32.2 Å². The minimum Gasteiger partial charge on any atom is -0.448 e. The van der Waals surface area contributed by atoms with Crippen LogP contribution in [0, 0.1) is 18.8 Å². The van der Waals surface area contributed by atoms with Crippen LogP contribution in [0.5, 0.6) is 0 Å². The minimum atomic E-state index is -0.600. The van der Waals surface area contributed by atoms with Crippen molar-refractivity contribution in [1.82, 2.24) is 9.88 Å². The van der Waals surface area contributed by atoms with Crippen molar-refractivity contribution in [2.45, 2.75) is 45.1 Å². The van der Waals surface area contributed by atoms with E-state index in [-0.39, 0.29) is 11.8 Å². The molecule has 0 spiro atoms. The molecular formula is C15H22N2O3. The first kappa shape index (κ1) is 13.6. The van der Waals surface area contributed by atoms with Crippen LogP contribution in [0.4, 0.5) is 0 Å². The van der Waals surface area contributed by atoms with Gasteiger partial charge in [-0.05, 0) is 32.1 Å². The highest BCUT2D eigenvalue weighted by Gasteiger charge is 2.49. The molecule has 0 bridgehead atoms. The molecule has 0 unspecified atom stereocenters. The predicted octanol–water partition coefficient (Wildman–Crippen LogP) is 2.00. The Morgan fingerprint density at radius 1 is 1.60 bits per heavy atom. The Kier molecular flexibility index (Phi) is 3.32. The zero-order valence-corrected chi connectivity index (χ0v) is 12.1. The first-order valence-electron chi connectivity index (χ1n) is 7.47. The monoisotopic (exact) mass is 278 g/mol. The van der Waals surface area contributed by atoms with E-state index < -0.39 is 5.60 Å². The summed E-state index contributed by atoms with van der Waals surface area (Å²) in [5, 5.41) is 10.8. The highest BCUT2D eigenvalue weighted by atomic mass is 16.3. The number of carbonyl (C=O) groups excluding carboxylic acids is 1. The van der Waals surface area contributed by atoms with Gasteiger partial charge in [0.15, 0.2) is 12.1 Å². The molecule has 20 heavy (non-hydrogen) atoms. The van der Waals surface area contributed by atoms with Gasteiger partial charge in [-0.1, -0.05) is 13.3 Å². The van der Waals surface area contributed by atoms with Gasteiger partial charge in [-0.2, -0.15) is 0 Å². The average Bonchev–Trinajstić information content (AvgIpc) is 3.05. The maximum Gasteiger partial charge on any atom is 0.276 e. The number of aromatic nitrogens is 1. The number of likely N-dealkylation sites (tertiary alicyclic amines) is 1. The number of fused-ring (bicyclic) bond motifs is 1. The van der Waals surface area contributed by atoms with Crippen molar-refractivity contribution in [2.24, 2.45) is 11.8 Å². The second kappa shape index (κ2) is 4.88. The second-order valence-corrected chi connectivity index (χ2v) is 6.18. The average molecular weight is 278 g/mol. The van der Waals surface area contributed by atoms with E-state index in [2.05, 4.69) is 4.98 Å². The number of hydrogen-bond donors (Lipinski definition) is 1. The first-order chi connectivity index (χ1) is 9.55. The summed E-state index contributed by atoms with van der Waals surface area (Å²) in [5.74, 6) is 1.13. The van der Waals surface area contributed by atoms with Crippen LogP contribution < -0.4 is 0 Å². The quantitative estimate of drug-likeness (QED) is 0.898. The Balaban J connectivity index is 1.79. The summed E-state index contributed by atoms with van der Waals surface area (Å²) in [5.41, 5.74) is -0.194. The molecular weight excluding hydrogens is 256 g/mol. The number of hydrogen-bond acceptors (Lipinski definition) is 4. The Labute approximate surface area is 119 Å². The number of carbonyl (C=O) groups is 1. The number of aryl methyl sites for hydroxylation is 1. The molecule has 1 saturated heterocycles. The summed E-state index contributed by atoms with van der Waals surface area (Å²) in [6.45, 7) is 5.17. The van der Waals surface area contributed by atoms with E-state index in [1.54, 1.807) is 6.92 Å². The van der Waals surface area contributed by atoms with Crippen LogP contribution in [-0.2, 0) is 0 Å². The molecule has 1 aliphatic heterocycles. The van der Waals surface area contributed by atoms with Gasteiger partial charge in [-0.25, -0.2) is 4.98 Å². The van der Waals surface area contributed by atoms with Gasteiger partial charge in [-0.3, -0.25) is 4.79 Å². The van der Waals surface area contributed by atoms with Crippen LogP contribution in [0.1, 0.15) is 48.9 Å². The SMILES string of the molecule is CC[C@@]1(O)CCC[C@@H]2CN(C(=O)c3ncoc3C)C[C@@H]21. The number of nitrogens with zero attached hydrogens (tertiary/aromatic N) is 2. The molecule has 1 saturated carbocycles. The summed E-state index contributed by atoms with van der Waals surface area (Å²) < 4.78 is 5.12. The van der Waals surface area contributed by atoms with Crippen LogP contribution in [0.2, 0.25) is 0 Å². The van der Waals surface area contributed by atoms with Crippen LogP contribution in [-0.4, -0.2) is 39.6 Å². The summed E-state index contributed by atoms with van der Waals surface area (Å²) in [4.78, 5) is 18.3. The van der Waals surface area contributed by atoms with E-state index in [0.29, 0.717) is 23.9 Å². The lowest BCUT2D eigenvalue weighted by atomic mass is 9.69. The molecule has 1 aromatic rings. The van der Waals surface area contributed by atoms with Crippen LogP contribution >= 0.6 is 0 Å². The normalized spacial score (nSPS) is 33.2. The number of aliphatic hydroxyl groups is 1. The standard InChI is InChI=1S/C15H22N2O3/c1-3-15(19)6-4-5-11-7-17(8-12(11)15)14(18)13-10(2)20-9-16-13/h9,11-12,19H,3-8H2,1-2H3/t11-,12+,15-/m1/s1. The lowest BCUT2D eigenvalue weighted by molar-refractivity contribution is -0.0609. The highest BCUT2D eigenvalue weighted by molar-refractivity contribution is 5.93. The minimum absolute atomic E-state index is 0.0656. The Hall–Kier alpha value is -1.36. The zero-order valence-electron chi connectivity index (χ0n) is 12.1. The fourth-order valence-corrected chi connectivity index (χ4v) is 3.89. The molecule has 3 atom stereocenters. The maximum absolute atomic E-state index is 12.5. The molecule has 5 nitrogen and oxygen atoms in total. The third-order valence-electron chi connectivity index (χ3n) is 5.16. The summed E-state index contributed by atoms with van der Waals surface area (Å²) in [7, 11) is 0. The maximum atomic E-state index is 12.5. The van der Waals surface area contributed by atoms with Crippen molar-refractivity contribution in [2.75, 3.05) is 13.1 Å². The summed E-state index contributed by atoms with van der Waals surface area (Å²) in [6, 6.07) is 0. The summed E-state index contributed by atoms with van der Waals surface area (Å²) >= 11 is 0. The van der Waals surface area contributed by atoms with Crippen molar-refractivity contribution in [3.63, 3.8) is 0 Å². The lowest BCUT2D eigenvalue weighted by Crippen LogP contribution is -2.44. The fraction of sp³-hybridized carbons (Fsp3) is 0.733. The van der Waals surface area contributed by atoms with Crippen LogP contribution in [0.25, 0.3) is 0 Å². The van der Waals surface area contributed by atoms with E-state index in [1.807, 2.05) is 11.8 Å². The third-order valence-corrected chi connectivity index (χ3v) is 5.16. The van der Waals surface area contributed by atoms with Gasteiger partial charge in [0.05, 0.1) is 5.60 Å². The van der Waals surface area contributed by atoms with Gasteiger partial charge >= 0.3 is 0 Å². The first-order valence-corrected chi connectivity index (χ1v) is 7.47. The van der Waals surface area contributed by atoms with Crippen molar-refractivity contribution < 1.29 is 14.3 Å². The van der Waals surface area contributed by atoms with Crippen molar-refractivity contribution >= 4 is 5.91 Å². The number of amides is 1. The molecule has 1 N–H and O–H groups in total. The number of rotatable bonds is 2. The highest BCUT2D eigenvalue weighted by Crippen LogP contribution is 2.44. The van der Waals surface area contributed by atoms with E-state index in [9.17, 15) is 9.90 Å². The predicted molar refractivity (Wildman–Crippen MR) is 73.2 cm³/mol. The van der Waals surface area contributed by atoms with Gasteiger partial charge in [0.1, 0.15) is 5.76 Å². The Morgan fingerprint density at radius 2 is 2.40 bits per heavy atom. The smallest absolute Gasteiger partial charge is 0.276 e. The molecule has 2 fully saturated rings. The van der Waals surface area contributed by atoms with Gasteiger partial charge < -0.3 is 14.4 Å². The van der Waals surface area contributed by atoms with E-state index >= 15 is 0 Å². The largest absolute Gasteiger partial charge is 0.448 e. The fourth-order valence-electron chi connectivity index (χ4n) is 3.89. The van der Waals surface area contributed by atoms with Crippen molar-refractivity contribution in [3.05, 3.63) is 17.8 Å². The molecule has 2 aliphatic rings. The van der Waals surface area contributed by atoms with E-state index in [1.165, 1.54) is 6.39 Å². The van der Waals surface area contributed by atoms with Gasteiger partial charge in [0.25, 0.3) is 5.91 Å². The molecule has 0 radical (unpaired) electrons. The molecule has 5 heteroatoms. The van der Waals surface area contributed by atoms with Crippen molar-refractivity contribution in [1.29, 1.82) is 0 Å². The topological polar surface area (TPSA) is 66.6 Å². The molecule has 0 aromatic carbocycles. The summed E-state index contributed by atoms with van der Waals surface area (Å²) in [6.07, 6.45) is 5.09. The Morgan fingerprint density at radius 3 is 3.05 bits per heavy atom. The van der Waals surface area contributed by atoms with Gasteiger partial charge in [0.2, 0.25) is 0 Å². The number of oxazole rings is 1.